The topological polar surface area (TPSA) is 80.0 Å². The van der Waals surface area contributed by atoms with Crippen LogP contribution >= 0.6 is 22.7 Å². The first-order chi connectivity index (χ1) is 11.6. The van der Waals surface area contributed by atoms with Gasteiger partial charge in [-0.25, -0.2) is 9.78 Å². The van der Waals surface area contributed by atoms with Crippen molar-refractivity contribution in [2.45, 2.75) is 12.8 Å². The predicted octanol–water partition coefficient (Wildman–Crippen LogP) is 3.70. The van der Waals surface area contributed by atoms with E-state index in [2.05, 4.69) is 4.98 Å². The lowest BCUT2D eigenvalue weighted by Gasteiger charge is -2.05. The SMILES string of the molecule is Cc1csc([C@@H](C#N)C(=O)COC(=O)c2cc3ccccc3s2)n1. The molecular formula is C17H12N2O3S2. The summed E-state index contributed by atoms with van der Waals surface area (Å²) in [7, 11) is 0. The zero-order valence-corrected chi connectivity index (χ0v) is 14.3. The van der Waals surface area contributed by atoms with Crippen LogP contribution in [0.25, 0.3) is 10.1 Å². The van der Waals surface area contributed by atoms with Crippen LogP contribution in [0.2, 0.25) is 0 Å². The van der Waals surface area contributed by atoms with Gasteiger partial charge < -0.3 is 4.74 Å². The number of esters is 1. The van der Waals surface area contributed by atoms with E-state index in [0.717, 1.165) is 15.8 Å². The van der Waals surface area contributed by atoms with Crippen molar-refractivity contribution in [2.75, 3.05) is 6.61 Å². The van der Waals surface area contributed by atoms with Crippen molar-refractivity contribution in [1.82, 2.24) is 4.98 Å². The molecule has 0 N–H and O–H groups in total. The lowest BCUT2D eigenvalue weighted by Crippen LogP contribution is -2.19. The Balaban J connectivity index is 1.67. The van der Waals surface area contributed by atoms with Crippen molar-refractivity contribution < 1.29 is 14.3 Å². The minimum absolute atomic E-state index is 0.429. The number of aromatic nitrogens is 1. The van der Waals surface area contributed by atoms with E-state index in [4.69, 9.17) is 4.74 Å². The number of ketones is 1. The van der Waals surface area contributed by atoms with Crippen LogP contribution in [0, 0.1) is 18.3 Å². The van der Waals surface area contributed by atoms with Crippen LogP contribution in [-0.4, -0.2) is 23.3 Å². The molecule has 0 saturated carbocycles. The number of hydrogen-bond donors (Lipinski definition) is 0. The van der Waals surface area contributed by atoms with Crippen molar-refractivity contribution in [3.05, 3.63) is 51.3 Å². The third-order valence-electron chi connectivity index (χ3n) is 3.31. The quantitative estimate of drug-likeness (QED) is 0.651. The molecule has 3 rings (SSSR count). The molecule has 1 aromatic carbocycles. The van der Waals surface area contributed by atoms with Gasteiger partial charge in [-0.05, 0) is 24.4 Å². The second-order valence-electron chi connectivity index (χ2n) is 5.08. The number of Topliss-reactive ketones (excluding diaryl/α,β-unsaturated/α-hetero) is 1. The first-order valence-electron chi connectivity index (χ1n) is 7.08. The van der Waals surface area contributed by atoms with E-state index in [1.54, 1.807) is 18.4 Å². The standard InChI is InChI=1S/C17H12N2O3S2/c1-10-9-23-16(19-10)12(7-18)13(20)8-22-17(21)15-6-11-4-2-3-5-14(11)24-15/h2-6,9,12H,8H2,1H3/t12-/m0/s1. The van der Waals surface area contributed by atoms with Gasteiger partial charge in [0.2, 0.25) is 0 Å². The number of fused-ring (bicyclic) bond motifs is 1. The van der Waals surface area contributed by atoms with E-state index in [1.807, 2.05) is 30.3 Å². The summed E-state index contributed by atoms with van der Waals surface area (Å²) >= 11 is 2.56. The predicted molar refractivity (Wildman–Crippen MR) is 92.3 cm³/mol. The number of thiazole rings is 1. The fourth-order valence-electron chi connectivity index (χ4n) is 2.14. The lowest BCUT2D eigenvalue weighted by molar-refractivity contribution is -0.122. The summed E-state index contributed by atoms with van der Waals surface area (Å²) in [6.07, 6.45) is 0. The number of thiophene rings is 1. The van der Waals surface area contributed by atoms with Crippen LogP contribution in [0.1, 0.15) is 26.3 Å². The minimum Gasteiger partial charge on any atom is -0.453 e. The van der Waals surface area contributed by atoms with Gasteiger partial charge in [0, 0.05) is 15.8 Å². The van der Waals surface area contributed by atoms with Crippen molar-refractivity contribution in [1.29, 1.82) is 5.26 Å². The summed E-state index contributed by atoms with van der Waals surface area (Å²) in [5.74, 6) is -2.03. The van der Waals surface area contributed by atoms with Crippen molar-refractivity contribution in [3.63, 3.8) is 0 Å². The van der Waals surface area contributed by atoms with E-state index in [9.17, 15) is 14.9 Å². The van der Waals surface area contributed by atoms with Crippen LogP contribution in [0.3, 0.4) is 0 Å². The summed E-state index contributed by atoms with van der Waals surface area (Å²) in [5, 5.41) is 12.3. The molecule has 0 aliphatic heterocycles. The average Bonchev–Trinajstić information content (AvgIpc) is 3.19. The number of nitriles is 1. The van der Waals surface area contributed by atoms with Gasteiger partial charge in [-0.1, -0.05) is 18.2 Å². The molecule has 0 spiro atoms. The molecule has 5 nitrogen and oxygen atoms in total. The zero-order chi connectivity index (χ0) is 17.1. The third kappa shape index (κ3) is 3.35. The maximum absolute atomic E-state index is 12.2. The fourth-order valence-corrected chi connectivity index (χ4v) is 3.96. The molecule has 0 aliphatic carbocycles. The first kappa shape index (κ1) is 16.3. The van der Waals surface area contributed by atoms with E-state index in [-0.39, 0.29) is 0 Å². The summed E-state index contributed by atoms with van der Waals surface area (Å²) in [4.78, 5) is 28.9. The molecule has 120 valence electrons. The molecule has 0 bridgehead atoms. The van der Waals surface area contributed by atoms with E-state index in [1.165, 1.54) is 22.7 Å². The van der Waals surface area contributed by atoms with Crippen molar-refractivity contribution in [2.24, 2.45) is 0 Å². The van der Waals surface area contributed by atoms with Crippen molar-refractivity contribution >= 4 is 44.5 Å². The smallest absolute Gasteiger partial charge is 0.348 e. The molecule has 0 unspecified atom stereocenters. The Labute approximate surface area is 146 Å². The van der Waals surface area contributed by atoms with Gasteiger partial charge in [-0.2, -0.15) is 5.26 Å². The van der Waals surface area contributed by atoms with Gasteiger partial charge in [-0.3, -0.25) is 4.79 Å². The molecule has 0 aliphatic rings. The van der Waals surface area contributed by atoms with E-state index in [0.29, 0.717) is 9.88 Å². The molecule has 0 fully saturated rings. The molecule has 2 heterocycles. The fraction of sp³-hybridized carbons (Fsp3) is 0.176. The molecule has 3 aromatic rings. The first-order valence-corrected chi connectivity index (χ1v) is 8.78. The Morgan fingerprint density at radius 3 is 2.83 bits per heavy atom. The normalized spacial score (nSPS) is 11.8. The number of nitrogens with zero attached hydrogens (tertiary/aromatic N) is 2. The Morgan fingerprint density at radius 2 is 2.17 bits per heavy atom. The maximum atomic E-state index is 12.2. The second-order valence-corrected chi connectivity index (χ2v) is 7.05. The number of ether oxygens (including phenoxy) is 1. The Bertz CT molecular complexity index is 919. The van der Waals surface area contributed by atoms with Crippen LogP contribution < -0.4 is 0 Å². The van der Waals surface area contributed by atoms with Crippen LogP contribution in [0.5, 0.6) is 0 Å². The number of rotatable bonds is 5. The number of carbonyl (C=O) groups excluding carboxylic acids is 2. The van der Waals surface area contributed by atoms with E-state index >= 15 is 0 Å². The molecule has 24 heavy (non-hydrogen) atoms. The molecule has 0 saturated heterocycles. The summed E-state index contributed by atoms with van der Waals surface area (Å²) in [6.45, 7) is 1.35. The average molecular weight is 356 g/mol. The van der Waals surface area contributed by atoms with Gasteiger partial charge in [0.05, 0.1) is 6.07 Å². The monoisotopic (exact) mass is 356 g/mol. The second kappa shape index (κ2) is 6.91. The van der Waals surface area contributed by atoms with Gasteiger partial charge in [0.1, 0.15) is 9.88 Å². The van der Waals surface area contributed by atoms with Gasteiger partial charge >= 0.3 is 5.97 Å². The molecule has 0 radical (unpaired) electrons. The third-order valence-corrected chi connectivity index (χ3v) is 5.43. The molecule has 0 amide bonds. The number of aryl methyl sites for hydroxylation is 1. The Morgan fingerprint density at radius 1 is 1.38 bits per heavy atom. The lowest BCUT2D eigenvalue weighted by atomic mass is 10.1. The molecule has 2 aromatic heterocycles. The van der Waals surface area contributed by atoms with Gasteiger partial charge in [-0.15, -0.1) is 22.7 Å². The summed E-state index contributed by atoms with van der Waals surface area (Å²) in [5.41, 5.74) is 0.755. The van der Waals surface area contributed by atoms with Crippen molar-refractivity contribution in [3.8, 4) is 6.07 Å². The van der Waals surface area contributed by atoms with Crippen LogP contribution in [0.4, 0.5) is 0 Å². The van der Waals surface area contributed by atoms with E-state index < -0.39 is 24.3 Å². The maximum Gasteiger partial charge on any atom is 0.348 e. The van der Waals surface area contributed by atoms with Crippen LogP contribution in [-0.2, 0) is 9.53 Å². The number of benzene rings is 1. The highest BCUT2D eigenvalue weighted by molar-refractivity contribution is 7.20. The molecule has 1 atom stereocenters. The highest BCUT2D eigenvalue weighted by atomic mass is 32.1. The highest BCUT2D eigenvalue weighted by Gasteiger charge is 2.25. The number of hydrogen-bond acceptors (Lipinski definition) is 7. The Kier molecular flexibility index (Phi) is 4.69. The molecule has 7 heteroatoms. The van der Waals surface area contributed by atoms with Gasteiger partial charge in [0.15, 0.2) is 18.3 Å². The minimum atomic E-state index is -1.00. The Hall–Kier alpha value is -2.56. The summed E-state index contributed by atoms with van der Waals surface area (Å²) in [6, 6.07) is 11.3. The van der Waals surface area contributed by atoms with Gasteiger partial charge in [0.25, 0.3) is 0 Å². The highest BCUT2D eigenvalue weighted by Crippen LogP contribution is 2.26. The molecular weight excluding hydrogens is 344 g/mol. The largest absolute Gasteiger partial charge is 0.453 e. The number of carbonyl (C=O) groups is 2. The van der Waals surface area contributed by atoms with Crippen LogP contribution in [0.15, 0.2) is 35.7 Å². The summed E-state index contributed by atoms with van der Waals surface area (Å²) < 4.78 is 6.05. The zero-order valence-electron chi connectivity index (χ0n) is 12.7.